The second-order valence-corrected chi connectivity index (χ2v) is 6.62. The third-order valence-corrected chi connectivity index (χ3v) is 4.65. The maximum atomic E-state index is 13.7. The maximum absolute atomic E-state index is 13.7. The smallest absolute Gasteiger partial charge is 0.247 e. The minimum atomic E-state index is -0.352. The molecule has 23 heavy (non-hydrogen) atoms. The minimum absolute atomic E-state index is 0.0595. The van der Waals surface area contributed by atoms with E-state index in [1.807, 2.05) is 0 Å². The highest BCUT2D eigenvalue weighted by atomic mass is 79.9. The molecule has 2 saturated heterocycles. The molecule has 0 bridgehead atoms. The van der Waals surface area contributed by atoms with Crippen LogP contribution in [0.25, 0.3) is 6.08 Å². The summed E-state index contributed by atoms with van der Waals surface area (Å²) in [5.41, 5.74) is 0.384. The third kappa shape index (κ3) is 4.00. The Hall–Kier alpha value is -1.24. The highest BCUT2D eigenvalue weighted by Gasteiger charge is 2.35. The number of carbonyl (C=O) groups is 1. The molecule has 2 heterocycles. The normalized spacial score (nSPS) is 22.9. The molecule has 1 aromatic carbocycles. The Morgan fingerprint density at radius 3 is 2.87 bits per heavy atom. The van der Waals surface area contributed by atoms with Gasteiger partial charge in [0.05, 0.1) is 19.3 Å². The van der Waals surface area contributed by atoms with Crippen molar-refractivity contribution in [2.75, 3.05) is 19.8 Å². The van der Waals surface area contributed by atoms with E-state index in [0.29, 0.717) is 25.3 Å². The highest BCUT2D eigenvalue weighted by Crippen LogP contribution is 2.25. The Morgan fingerprint density at radius 1 is 1.30 bits per heavy atom. The van der Waals surface area contributed by atoms with Gasteiger partial charge in [0.15, 0.2) is 6.29 Å². The third-order valence-electron chi connectivity index (χ3n) is 4.16. The van der Waals surface area contributed by atoms with Gasteiger partial charge < -0.3 is 14.4 Å². The number of likely N-dealkylation sites (tertiary alicyclic amines) is 1. The average molecular weight is 384 g/mol. The van der Waals surface area contributed by atoms with Gasteiger partial charge in [-0.1, -0.05) is 15.9 Å². The van der Waals surface area contributed by atoms with Gasteiger partial charge in [0, 0.05) is 22.7 Å². The minimum Gasteiger partial charge on any atom is -0.348 e. The lowest BCUT2D eigenvalue weighted by molar-refractivity contribution is -0.145. The van der Waals surface area contributed by atoms with E-state index >= 15 is 0 Å². The van der Waals surface area contributed by atoms with Crippen LogP contribution in [0, 0.1) is 5.82 Å². The summed E-state index contributed by atoms with van der Waals surface area (Å²) >= 11 is 3.31. The molecule has 1 atom stereocenters. The summed E-state index contributed by atoms with van der Waals surface area (Å²) in [6.07, 6.45) is 5.50. The monoisotopic (exact) mass is 383 g/mol. The lowest BCUT2D eigenvalue weighted by atomic mass is 10.0. The number of rotatable bonds is 3. The fraction of sp³-hybridized carbons (Fsp3) is 0.471. The number of piperidine rings is 1. The van der Waals surface area contributed by atoms with Crippen LogP contribution < -0.4 is 0 Å². The molecule has 2 fully saturated rings. The second kappa shape index (κ2) is 7.55. The fourth-order valence-electron chi connectivity index (χ4n) is 3.01. The van der Waals surface area contributed by atoms with E-state index in [0.717, 1.165) is 23.7 Å². The maximum Gasteiger partial charge on any atom is 0.247 e. The zero-order valence-corrected chi connectivity index (χ0v) is 14.3. The van der Waals surface area contributed by atoms with Crippen molar-refractivity contribution in [3.8, 4) is 0 Å². The summed E-state index contributed by atoms with van der Waals surface area (Å²) in [6.45, 7) is 1.82. The average Bonchev–Trinajstić information content (AvgIpc) is 3.10. The number of benzene rings is 1. The van der Waals surface area contributed by atoms with Crippen LogP contribution in [0.3, 0.4) is 0 Å². The molecule has 6 heteroatoms. The van der Waals surface area contributed by atoms with Crippen LogP contribution in [-0.4, -0.2) is 42.9 Å². The van der Waals surface area contributed by atoms with Crippen molar-refractivity contribution in [2.24, 2.45) is 0 Å². The molecule has 0 N–H and O–H groups in total. The van der Waals surface area contributed by atoms with Crippen molar-refractivity contribution in [2.45, 2.75) is 31.6 Å². The van der Waals surface area contributed by atoms with Crippen LogP contribution in [0.4, 0.5) is 4.39 Å². The van der Waals surface area contributed by atoms with Crippen molar-refractivity contribution in [1.82, 2.24) is 4.90 Å². The van der Waals surface area contributed by atoms with E-state index in [2.05, 4.69) is 15.9 Å². The molecule has 0 spiro atoms. The SMILES string of the molecule is O=C(/C=C/c1cc(Br)ccc1F)N1CCCC[C@@H]1C1OCCO1. The number of nitrogens with zero attached hydrogens (tertiary/aromatic N) is 1. The van der Waals surface area contributed by atoms with E-state index in [-0.39, 0.29) is 24.1 Å². The molecule has 0 aromatic heterocycles. The topological polar surface area (TPSA) is 38.8 Å². The summed E-state index contributed by atoms with van der Waals surface area (Å²) in [5.74, 6) is -0.483. The lowest BCUT2D eigenvalue weighted by Gasteiger charge is -2.37. The van der Waals surface area contributed by atoms with Crippen molar-refractivity contribution >= 4 is 27.9 Å². The molecular formula is C17H19BrFNO3. The zero-order chi connectivity index (χ0) is 16.2. The summed E-state index contributed by atoms with van der Waals surface area (Å²) in [6, 6.07) is 4.59. The van der Waals surface area contributed by atoms with Gasteiger partial charge in [0.25, 0.3) is 0 Å². The molecule has 4 nitrogen and oxygen atoms in total. The van der Waals surface area contributed by atoms with Gasteiger partial charge in [-0.25, -0.2) is 4.39 Å². The Kier molecular flexibility index (Phi) is 5.46. The van der Waals surface area contributed by atoms with Crippen LogP contribution in [0.15, 0.2) is 28.7 Å². The van der Waals surface area contributed by atoms with E-state index in [1.54, 1.807) is 17.0 Å². The van der Waals surface area contributed by atoms with Crippen LogP contribution >= 0.6 is 15.9 Å². The molecule has 2 aliphatic heterocycles. The Morgan fingerprint density at radius 2 is 2.09 bits per heavy atom. The first-order valence-corrected chi connectivity index (χ1v) is 8.61. The Labute approximate surface area is 143 Å². The van der Waals surface area contributed by atoms with Crippen molar-refractivity contribution in [3.63, 3.8) is 0 Å². The number of carbonyl (C=O) groups excluding carboxylic acids is 1. The quantitative estimate of drug-likeness (QED) is 0.751. The van der Waals surface area contributed by atoms with Crippen LogP contribution in [-0.2, 0) is 14.3 Å². The van der Waals surface area contributed by atoms with Gasteiger partial charge in [-0.05, 0) is 43.5 Å². The van der Waals surface area contributed by atoms with Crippen LogP contribution in [0.5, 0.6) is 0 Å². The first kappa shape index (κ1) is 16.6. The molecule has 1 amide bonds. The zero-order valence-electron chi connectivity index (χ0n) is 12.7. The largest absolute Gasteiger partial charge is 0.348 e. The molecule has 1 aromatic rings. The molecule has 0 saturated carbocycles. The van der Waals surface area contributed by atoms with Crippen LogP contribution in [0.1, 0.15) is 24.8 Å². The lowest BCUT2D eigenvalue weighted by Crippen LogP contribution is -2.49. The van der Waals surface area contributed by atoms with Gasteiger partial charge in [0.2, 0.25) is 5.91 Å². The Bertz CT molecular complexity index is 602. The number of hydrogen-bond acceptors (Lipinski definition) is 3. The van der Waals surface area contributed by atoms with E-state index in [4.69, 9.17) is 9.47 Å². The molecular weight excluding hydrogens is 365 g/mol. The number of halogens is 2. The van der Waals surface area contributed by atoms with Gasteiger partial charge in [-0.3, -0.25) is 4.79 Å². The van der Waals surface area contributed by atoms with E-state index in [1.165, 1.54) is 18.2 Å². The first-order valence-electron chi connectivity index (χ1n) is 7.82. The second-order valence-electron chi connectivity index (χ2n) is 5.70. The Balaban J connectivity index is 1.72. The van der Waals surface area contributed by atoms with E-state index < -0.39 is 0 Å². The number of amides is 1. The molecule has 0 unspecified atom stereocenters. The first-order chi connectivity index (χ1) is 11.1. The van der Waals surface area contributed by atoms with Gasteiger partial charge >= 0.3 is 0 Å². The predicted molar refractivity (Wildman–Crippen MR) is 88.2 cm³/mol. The van der Waals surface area contributed by atoms with E-state index in [9.17, 15) is 9.18 Å². The molecule has 124 valence electrons. The van der Waals surface area contributed by atoms with Crippen LogP contribution in [0.2, 0.25) is 0 Å². The number of ether oxygens (including phenoxy) is 2. The summed E-state index contributed by atoms with van der Waals surface area (Å²) in [5, 5.41) is 0. The van der Waals surface area contributed by atoms with Crippen molar-refractivity contribution in [3.05, 3.63) is 40.1 Å². The van der Waals surface area contributed by atoms with Crippen molar-refractivity contribution < 1.29 is 18.7 Å². The van der Waals surface area contributed by atoms with Gasteiger partial charge in [-0.2, -0.15) is 0 Å². The predicted octanol–water partition coefficient (Wildman–Crippen LogP) is 3.36. The fourth-order valence-corrected chi connectivity index (χ4v) is 3.39. The molecule has 3 rings (SSSR count). The summed E-state index contributed by atoms with van der Waals surface area (Å²) in [7, 11) is 0. The summed E-state index contributed by atoms with van der Waals surface area (Å²) in [4.78, 5) is 14.3. The molecule has 0 aliphatic carbocycles. The molecule has 0 radical (unpaired) electrons. The van der Waals surface area contributed by atoms with Gasteiger partial charge in [0.1, 0.15) is 5.82 Å². The molecule has 2 aliphatic rings. The standard InChI is InChI=1S/C17H19BrFNO3/c18-13-5-6-14(19)12(11-13)4-7-16(21)20-8-2-1-3-15(20)17-22-9-10-23-17/h4-7,11,15,17H,1-3,8-10H2/b7-4+/t15-/m1/s1. The highest BCUT2D eigenvalue weighted by molar-refractivity contribution is 9.10. The summed E-state index contributed by atoms with van der Waals surface area (Å²) < 4.78 is 25.6. The van der Waals surface area contributed by atoms with Gasteiger partial charge in [-0.15, -0.1) is 0 Å². The van der Waals surface area contributed by atoms with Crippen molar-refractivity contribution in [1.29, 1.82) is 0 Å². The number of hydrogen-bond donors (Lipinski definition) is 0.